The summed E-state index contributed by atoms with van der Waals surface area (Å²) in [5.41, 5.74) is 0. The van der Waals surface area contributed by atoms with E-state index in [4.69, 9.17) is 0 Å². The Hall–Kier alpha value is -0.350. The second kappa shape index (κ2) is 4.15. The zero-order valence-electron chi connectivity index (χ0n) is 8.91. The lowest BCUT2D eigenvalue weighted by Gasteiger charge is -2.11. The summed E-state index contributed by atoms with van der Waals surface area (Å²) < 4.78 is 1.10. The fourth-order valence-electron chi connectivity index (χ4n) is 2.69. The molecule has 1 amide bonds. The first kappa shape index (κ1) is 10.8. The van der Waals surface area contributed by atoms with Crippen molar-refractivity contribution >= 4 is 33.2 Å². The molecule has 0 radical (unpaired) electrons. The van der Waals surface area contributed by atoms with Crippen LogP contribution in [-0.2, 0) is 11.3 Å². The lowest BCUT2D eigenvalue weighted by Crippen LogP contribution is -2.29. The molecule has 0 aromatic carbocycles. The van der Waals surface area contributed by atoms with Crippen LogP contribution in [0.5, 0.6) is 0 Å². The van der Waals surface area contributed by atoms with Gasteiger partial charge < -0.3 is 5.32 Å². The van der Waals surface area contributed by atoms with Crippen LogP contribution in [0.4, 0.5) is 0 Å². The average molecular weight is 300 g/mol. The normalized spacial score (nSPS) is 31.2. The molecule has 3 rings (SSSR count). The number of amides is 1. The van der Waals surface area contributed by atoms with Crippen molar-refractivity contribution in [2.75, 3.05) is 0 Å². The Bertz CT molecular complexity index is 407. The number of halogens is 1. The Balaban J connectivity index is 1.49. The predicted molar refractivity (Wildman–Crippen MR) is 68.2 cm³/mol. The third-order valence-electron chi connectivity index (χ3n) is 3.67. The number of thiophene rings is 1. The molecule has 0 saturated heterocycles. The molecule has 1 aromatic heterocycles. The largest absolute Gasteiger partial charge is 0.351 e. The van der Waals surface area contributed by atoms with Gasteiger partial charge in [-0.2, -0.15) is 0 Å². The van der Waals surface area contributed by atoms with Gasteiger partial charge in [-0.1, -0.05) is 0 Å². The highest BCUT2D eigenvalue weighted by molar-refractivity contribution is 9.10. The highest BCUT2D eigenvalue weighted by Crippen LogP contribution is 2.54. The van der Waals surface area contributed by atoms with E-state index < -0.39 is 0 Å². The second-order valence-corrected chi connectivity index (χ2v) is 6.78. The summed E-state index contributed by atoms with van der Waals surface area (Å²) >= 11 is 5.10. The van der Waals surface area contributed by atoms with Crippen molar-refractivity contribution in [1.82, 2.24) is 5.32 Å². The van der Waals surface area contributed by atoms with Crippen molar-refractivity contribution in [2.24, 2.45) is 17.8 Å². The van der Waals surface area contributed by atoms with E-state index in [0.717, 1.165) is 29.2 Å². The van der Waals surface area contributed by atoms with E-state index in [2.05, 4.69) is 27.3 Å². The number of hydrogen-bond donors (Lipinski definition) is 1. The Morgan fingerprint density at radius 2 is 2.19 bits per heavy atom. The second-order valence-electron chi connectivity index (χ2n) is 4.87. The Kier molecular flexibility index (Phi) is 2.80. The Morgan fingerprint density at radius 3 is 2.81 bits per heavy atom. The molecule has 86 valence electrons. The van der Waals surface area contributed by atoms with Crippen LogP contribution < -0.4 is 5.32 Å². The van der Waals surface area contributed by atoms with Gasteiger partial charge in [-0.05, 0) is 53.1 Å². The van der Waals surface area contributed by atoms with Gasteiger partial charge in [0.1, 0.15) is 0 Å². The zero-order chi connectivity index (χ0) is 11.1. The van der Waals surface area contributed by atoms with E-state index in [1.54, 1.807) is 11.3 Å². The average Bonchev–Trinajstić information content (AvgIpc) is 2.71. The standard InChI is InChI=1S/C12H14BrNOS/c13-10-4-11(16-6-10)5-14-12(15)9-2-7-1-8(7)3-9/h4,6-9H,1-3,5H2,(H,14,15). The maximum absolute atomic E-state index is 11.9. The lowest BCUT2D eigenvalue weighted by atomic mass is 10.0. The number of hydrogen-bond acceptors (Lipinski definition) is 2. The SMILES string of the molecule is O=C(NCc1cc(Br)cs1)C1CC2CC2C1. The number of fused-ring (bicyclic) bond motifs is 1. The molecule has 2 saturated carbocycles. The van der Waals surface area contributed by atoms with Gasteiger partial charge in [0.05, 0.1) is 6.54 Å². The molecule has 2 aliphatic rings. The molecule has 0 aliphatic heterocycles. The van der Waals surface area contributed by atoms with Crippen LogP contribution in [0, 0.1) is 17.8 Å². The first-order valence-corrected chi connectivity index (χ1v) is 7.40. The molecular weight excluding hydrogens is 286 g/mol. The van der Waals surface area contributed by atoms with Crippen LogP contribution in [0.25, 0.3) is 0 Å². The Morgan fingerprint density at radius 1 is 1.44 bits per heavy atom. The first-order valence-electron chi connectivity index (χ1n) is 5.73. The number of carbonyl (C=O) groups is 1. The minimum absolute atomic E-state index is 0.261. The minimum Gasteiger partial charge on any atom is -0.351 e. The summed E-state index contributed by atoms with van der Waals surface area (Å²) in [6.07, 6.45) is 3.64. The predicted octanol–water partition coefficient (Wildman–Crippen LogP) is 3.17. The molecular formula is C12H14BrNOS. The van der Waals surface area contributed by atoms with Crippen molar-refractivity contribution in [1.29, 1.82) is 0 Å². The van der Waals surface area contributed by atoms with Crippen LogP contribution in [0.2, 0.25) is 0 Å². The molecule has 2 nitrogen and oxygen atoms in total. The first-order chi connectivity index (χ1) is 7.72. The molecule has 2 fully saturated rings. The van der Waals surface area contributed by atoms with Crippen LogP contribution in [0.15, 0.2) is 15.9 Å². The summed E-state index contributed by atoms with van der Waals surface area (Å²) in [7, 11) is 0. The zero-order valence-corrected chi connectivity index (χ0v) is 11.3. The van der Waals surface area contributed by atoms with E-state index in [1.165, 1.54) is 11.3 Å². The van der Waals surface area contributed by atoms with Gasteiger partial charge in [-0.15, -0.1) is 11.3 Å². The molecule has 2 aliphatic carbocycles. The quantitative estimate of drug-likeness (QED) is 0.912. The number of rotatable bonds is 3. The van der Waals surface area contributed by atoms with Gasteiger partial charge in [0.15, 0.2) is 0 Å². The molecule has 1 N–H and O–H groups in total. The van der Waals surface area contributed by atoms with Gasteiger partial charge in [0.25, 0.3) is 0 Å². The molecule has 16 heavy (non-hydrogen) atoms. The van der Waals surface area contributed by atoms with E-state index >= 15 is 0 Å². The molecule has 1 aromatic rings. The van der Waals surface area contributed by atoms with Gasteiger partial charge in [0, 0.05) is 20.6 Å². The van der Waals surface area contributed by atoms with E-state index in [-0.39, 0.29) is 5.91 Å². The van der Waals surface area contributed by atoms with Crippen LogP contribution >= 0.6 is 27.3 Å². The lowest BCUT2D eigenvalue weighted by molar-refractivity contribution is -0.125. The topological polar surface area (TPSA) is 29.1 Å². The molecule has 2 atom stereocenters. The maximum Gasteiger partial charge on any atom is 0.223 e. The highest BCUT2D eigenvalue weighted by Gasteiger charge is 2.47. The molecule has 4 heteroatoms. The van der Waals surface area contributed by atoms with Crippen molar-refractivity contribution in [3.63, 3.8) is 0 Å². The highest BCUT2D eigenvalue weighted by atomic mass is 79.9. The van der Waals surface area contributed by atoms with E-state index in [1.807, 2.05) is 5.38 Å². The van der Waals surface area contributed by atoms with Crippen LogP contribution in [0.3, 0.4) is 0 Å². The van der Waals surface area contributed by atoms with Crippen molar-refractivity contribution in [2.45, 2.75) is 25.8 Å². The van der Waals surface area contributed by atoms with Crippen molar-refractivity contribution in [3.8, 4) is 0 Å². The van der Waals surface area contributed by atoms with Gasteiger partial charge in [-0.3, -0.25) is 4.79 Å². The summed E-state index contributed by atoms with van der Waals surface area (Å²) in [5, 5.41) is 5.09. The Labute approximate surface area is 108 Å². The molecule has 0 spiro atoms. The summed E-state index contributed by atoms with van der Waals surface area (Å²) in [6, 6.07) is 2.07. The molecule has 1 heterocycles. The monoisotopic (exact) mass is 299 g/mol. The van der Waals surface area contributed by atoms with Crippen LogP contribution in [-0.4, -0.2) is 5.91 Å². The third kappa shape index (κ3) is 2.18. The number of nitrogens with one attached hydrogen (secondary N) is 1. The van der Waals surface area contributed by atoms with Gasteiger partial charge in [-0.25, -0.2) is 0 Å². The fraction of sp³-hybridized carbons (Fsp3) is 0.583. The summed E-state index contributed by atoms with van der Waals surface area (Å²) in [5.74, 6) is 2.32. The fourth-order valence-corrected chi connectivity index (χ4v) is 4.08. The summed E-state index contributed by atoms with van der Waals surface area (Å²) in [6.45, 7) is 0.681. The molecule has 0 bridgehead atoms. The van der Waals surface area contributed by atoms with Gasteiger partial charge >= 0.3 is 0 Å². The van der Waals surface area contributed by atoms with E-state index in [0.29, 0.717) is 12.5 Å². The molecule has 2 unspecified atom stereocenters. The number of carbonyl (C=O) groups excluding carboxylic acids is 1. The summed E-state index contributed by atoms with van der Waals surface area (Å²) in [4.78, 5) is 13.1. The smallest absolute Gasteiger partial charge is 0.223 e. The van der Waals surface area contributed by atoms with Crippen molar-refractivity contribution in [3.05, 3.63) is 20.8 Å². The minimum atomic E-state index is 0.261. The van der Waals surface area contributed by atoms with E-state index in [9.17, 15) is 4.79 Å². The maximum atomic E-state index is 11.9. The van der Waals surface area contributed by atoms with Crippen molar-refractivity contribution < 1.29 is 4.79 Å². The van der Waals surface area contributed by atoms with Crippen LogP contribution in [0.1, 0.15) is 24.1 Å². The van der Waals surface area contributed by atoms with Gasteiger partial charge in [0.2, 0.25) is 5.91 Å². The third-order valence-corrected chi connectivity index (χ3v) is 5.37.